The molecule has 1 aromatic carbocycles. The molecule has 0 aliphatic heterocycles. The summed E-state index contributed by atoms with van der Waals surface area (Å²) < 4.78 is 10.7. The molecule has 0 aliphatic rings. The highest BCUT2D eigenvalue weighted by atomic mass is 35.5. The van der Waals surface area contributed by atoms with E-state index >= 15 is 0 Å². The Bertz CT molecular complexity index is 478. The molecular formula is C15H23ClN2O3. The molecule has 0 spiro atoms. The lowest BCUT2D eigenvalue weighted by Crippen LogP contribution is -2.24. The van der Waals surface area contributed by atoms with Gasteiger partial charge in [-0.1, -0.05) is 11.6 Å². The number of hydrogen-bond donors (Lipinski definition) is 2. The number of anilines is 2. The topological polar surface area (TPSA) is 73.6 Å². The molecule has 0 fully saturated rings. The lowest BCUT2D eigenvalue weighted by atomic mass is 10.1. The zero-order valence-electron chi connectivity index (χ0n) is 12.7. The first-order valence-corrected chi connectivity index (χ1v) is 7.19. The predicted octanol–water partition coefficient (Wildman–Crippen LogP) is 3.08. The first kappa shape index (κ1) is 17.8. The summed E-state index contributed by atoms with van der Waals surface area (Å²) in [5.41, 5.74) is 6.49. The SMILES string of the molecule is COC(C)(C)CCOCCC(=O)Nc1ccc(N)cc1Cl. The van der Waals surface area contributed by atoms with Gasteiger partial charge in [0.15, 0.2) is 0 Å². The van der Waals surface area contributed by atoms with Crippen molar-refractivity contribution in [3.63, 3.8) is 0 Å². The smallest absolute Gasteiger partial charge is 0.226 e. The van der Waals surface area contributed by atoms with E-state index in [0.29, 0.717) is 29.6 Å². The minimum absolute atomic E-state index is 0.146. The van der Waals surface area contributed by atoms with Gasteiger partial charge >= 0.3 is 0 Å². The van der Waals surface area contributed by atoms with Crippen LogP contribution in [-0.4, -0.2) is 31.8 Å². The van der Waals surface area contributed by atoms with Gasteiger partial charge in [0, 0.05) is 19.4 Å². The molecule has 0 radical (unpaired) electrons. The second-order valence-electron chi connectivity index (χ2n) is 5.36. The second kappa shape index (κ2) is 8.22. The van der Waals surface area contributed by atoms with Crippen LogP contribution in [0.3, 0.4) is 0 Å². The number of hydrogen-bond acceptors (Lipinski definition) is 4. The van der Waals surface area contributed by atoms with Gasteiger partial charge in [0.1, 0.15) is 0 Å². The van der Waals surface area contributed by atoms with Gasteiger partial charge in [-0.05, 0) is 38.5 Å². The summed E-state index contributed by atoms with van der Waals surface area (Å²) in [6.45, 7) is 4.90. The minimum Gasteiger partial charge on any atom is -0.399 e. The Morgan fingerprint density at radius 1 is 1.38 bits per heavy atom. The number of rotatable bonds is 8. The number of methoxy groups -OCH3 is 1. The fourth-order valence-electron chi connectivity index (χ4n) is 1.53. The molecule has 0 aliphatic carbocycles. The number of carbonyl (C=O) groups excluding carboxylic acids is 1. The summed E-state index contributed by atoms with van der Waals surface area (Å²) in [7, 11) is 1.67. The molecule has 0 bridgehead atoms. The average molecular weight is 315 g/mol. The van der Waals surface area contributed by atoms with Crippen molar-refractivity contribution in [3.05, 3.63) is 23.2 Å². The molecule has 1 rings (SSSR count). The zero-order valence-corrected chi connectivity index (χ0v) is 13.5. The Hall–Kier alpha value is -1.30. The molecule has 5 nitrogen and oxygen atoms in total. The highest BCUT2D eigenvalue weighted by molar-refractivity contribution is 6.34. The molecule has 6 heteroatoms. The fraction of sp³-hybridized carbons (Fsp3) is 0.533. The Labute approximate surface area is 130 Å². The lowest BCUT2D eigenvalue weighted by molar-refractivity contribution is -0.117. The molecule has 0 atom stereocenters. The van der Waals surface area contributed by atoms with E-state index < -0.39 is 0 Å². The number of nitrogen functional groups attached to an aromatic ring is 1. The van der Waals surface area contributed by atoms with E-state index in [0.717, 1.165) is 6.42 Å². The van der Waals surface area contributed by atoms with Crippen molar-refractivity contribution in [2.24, 2.45) is 0 Å². The van der Waals surface area contributed by atoms with Crippen LogP contribution in [0.1, 0.15) is 26.7 Å². The highest BCUT2D eigenvalue weighted by Crippen LogP contribution is 2.24. The normalized spacial score (nSPS) is 11.4. The van der Waals surface area contributed by atoms with E-state index in [2.05, 4.69) is 5.32 Å². The fourth-order valence-corrected chi connectivity index (χ4v) is 1.77. The zero-order chi connectivity index (χ0) is 15.9. The summed E-state index contributed by atoms with van der Waals surface area (Å²) in [6, 6.07) is 4.96. The number of ether oxygens (including phenoxy) is 2. The summed E-state index contributed by atoms with van der Waals surface area (Å²) in [5, 5.41) is 3.15. The number of nitrogens with one attached hydrogen (secondary N) is 1. The largest absolute Gasteiger partial charge is 0.399 e. The molecule has 0 heterocycles. The third-order valence-corrected chi connectivity index (χ3v) is 3.45. The molecule has 1 amide bonds. The number of amides is 1. The average Bonchev–Trinajstić information content (AvgIpc) is 2.41. The molecule has 0 saturated carbocycles. The van der Waals surface area contributed by atoms with Gasteiger partial charge in [0.2, 0.25) is 5.91 Å². The van der Waals surface area contributed by atoms with Crippen molar-refractivity contribution in [1.82, 2.24) is 0 Å². The number of nitrogens with two attached hydrogens (primary N) is 1. The van der Waals surface area contributed by atoms with E-state index in [1.165, 1.54) is 0 Å². The molecule has 0 saturated heterocycles. The van der Waals surface area contributed by atoms with Gasteiger partial charge in [0.25, 0.3) is 0 Å². The third kappa shape index (κ3) is 6.80. The molecule has 0 aromatic heterocycles. The molecule has 21 heavy (non-hydrogen) atoms. The van der Waals surface area contributed by atoms with Gasteiger partial charge in [-0.25, -0.2) is 0 Å². The summed E-state index contributed by atoms with van der Waals surface area (Å²) in [5.74, 6) is -0.146. The van der Waals surface area contributed by atoms with Gasteiger partial charge in [-0.2, -0.15) is 0 Å². The van der Waals surface area contributed by atoms with Gasteiger partial charge in [-0.3, -0.25) is 4.79 Å². The number of carbonyl (C=O) groups is 1. The molecule has 3 N–H and O–H groups in total. The van der Waals surface area contributed by atoms with Crippen LogP contribution in [0.2, 0.25) is 5.02 Å². The van der Waals surface area contributed by atoms with E-state index in [9.17, 15) is 4.79 Å². The van der Waals surface area contributed by atoms with Crippen LogP contribution in [-0.2, 0) is 14.3 Å². The molecule has 1 aromatic rings. The Kier molecular flexibility index (Phi) is 6.95. The standard InChI is InChI=1S/C15H23ClN2O3/c1-15(2,20-3)7-9-21-8-6-14(19)18-13-5-4-11(17)10-12(13)16/h4-5,10H,6-9,17H2,1-3H3,(H,18,19). The number of halogens is 1. The predicted molar refractivity (Wildman–Crippen MR) is 85.6 cm³/mol. The lowest BCUT2D eigenvalue weighted by Gasteiger charge is -2.22. The van der Waals surface area contributed by atoms with Crippen LogP contribution in [0.15, 0.2) is 18.2 Å². The molecule has 118 valence electrons. The maximum atomic E-state index is 11.8. The van der Waals surface area contributed by atoms with Crippen molar-refractivity contribution in [1.29, 1.82) is 0 Å². The maximum absolute atomic E-state index is 11.8. The summed E-state index contributed by atoms with van der Waals surface area (Å²) >= 11 is 5.98. The van der Waals surface area contributed by atoms with Crippen molar-refractivity contribution in [2.45, 2.75) is 32.3 Å². The highest BCUT2D eigenvalue weighted by Gasteiger charge is 2.15. The van der Waals surface area contributed by atoms with E-state index in [4.69, 9.17) is 26.8 Å². The quantitative estimate of drug-likeness (QED) is 0.571. The van der Waals surface area contributed by atoms with Crippen LogP contribution in [0.25, 0.3) is 0 Å². The molecule has 0 unspecified atom stereocenters. The van der Waals surface area contributed by atoms with Crippen LogP contribution in [0.5, 0.6) is 0 Å². The van der Waals surface area contributed by atoms with Crippen LogP contribution >= 0.6 is 11.6 Å². The molecular weight excluding hydrogens is 292 g/mol. The number of benzene rings is 1. The second-order valence-corrected chi connectivity index (χ2v) is 5.77. The van der Waals surface area contributed by atoms with Gasteiger partial charge in [0.05, 0.1) is 29.3 Å². The van der Waals surface area contributed by atoms with Crippen molar-refractivity contribution in [2.75, 3.05) is 31.4 Å². The van der Waals surface area contributed by atoms with Gasteiger partial charge in [-0.15, -0.1) is 0 Å². The van der Waals surface area contributed by atoms with Crippen molar-refractivity contribution < 1.29 is 14.3 Å². The Morgan fingerprint density at radius 2 is 2.10 bits per heavy atom. The minimum atomic E-state index is -0.209. The van der Waals surface area contributed by atoms with E-state index in [1.807, 2.05) is 13.8 Å². The van der Waals surface area contributed by atoms with Crippen LogP contribution in [0.4, 0.5) is 11.4 Å². The Morgan fingerprint density at radius 3 is 2.71 bits per heavy atom. The van der Waals surface area contributed by atoms with Crippen molar-refractivity contribution >= 4 is 28.9 Å². The maximum Gasteiger partial charge on any atom is 0.226 e. The first-order chi connectivity index (χ1) is 9.84. The Balaban J connectivity index is 2.26. The van der Waals surface area contributed by atoms with E-state index in [1.54, 1.807) is 25.3 Å². The van der Waals surface area contributed by atoms with E-state index in [-0.39, 0.29) is 17.9 Å². The first-order valence-electron chi connectivity index (χ1n) is 6.82. The summed E-state index contributed by atoms with van der Waals surface area (Å²) in [6.07, 6.45) is 1.04. The third-order valence-electron chi connectivity index (χ3n) is 3.14. The van der Waals surface area contributed by atoms with Crippen LogP contribution in [0, 0.1) is 0 Å². The van der Waals surface area contributed by atoms with Crippen molar-refractivity contribution in [3.8, 4) is 0 Å². The monoisotopic (exact) mass is 314 g/mol. The summed E-state index contributed by atoms with van der Waals surface area (Å²) in [4.78, 5) is 11.8. The van der Waals surface area contributed by atoms with Crippen LogP contribution < -0.4 is 11.1 Å². The van der Waals surface area contributed by atoms with Gasteiger partial charge < -0.3 is 20.5 Å².